The summed E-state index contributed by atoms with van der Waals surface area (Å²) in [6, 6.07) is 17.0. The van der Waals surface area contributed by atoms with Gasteiger partial charge in [0.1, 0.15) is 17.4 Å². The van der Waals surface area contributed by atoms with Crippen molar-refractivity contribution in [3.05, 3.63) is 76.5 Å². The molecule has 0 aliphatic heterocycles. The summed E-state index contributed by atoms with van der Waals surface area (Å²) in [5, 5.41) is 12.4. The Balaban J connectivity index is 1.67. The van der Waals surface area contributed by atoms with Gasteiger partial charge >= 0.3 is 0 Å². The Morgan fingerprint density at radius 1 is 1.08 bits per heavy atom. The molecule has 5 rings (SSSR count). The molecular formula is C28H29N7O3. The highest BCUT2D eigenvalue weighted by molar-refractivity contribution is 5.89. The number of amides is 1. The number of H-pyrrole nitrogens is 1. The highest BCUT2D eigenvalue weighted by atomic mass is 16.5. The number of para-hydroxylation sites is 1. The van der Waals surface area contributed by atoms with E-state index >= 15 is 0 Å². The number of carbonyl (C=O) groups is 1. The number of fused-ring (bicyclic) bond motifs is 1. The third-order valence-corrected chi connectivity index (χ3v) is 6.06. The van der Waals surface area contributed by atoms with Gasteiger partial charge in [0, 0.05) is 25.0 Å². The van der Waals surface area contributed by atoms with Crippen LogP contribution >= 0.6 is 0 Å². The number of rotatable bonds is 8. The van der Waals surface area contributed by atoms with E-state index in [1.165, 1.54) is 6.92 Å². The van der Waals surface area contributed by atoms with E-state index in [1.807, 2.05) is 68.4 Å². The van der Waals surface area contributed by atoms with Crippen molar-refractivity contribution in [3.8, 4) is 34.1 Å². The first-order valence-electron chi connectivity index (χ1n) is 12.6. The van der Waals surface area contributed by atoms with Crippen molar-refractivity contribution in [2.45, 2.75) is 40.5 Å². The Morgan fingerprint density at radius 2 is 1.87 bits per heavy atom. The summed E-state index contributed by atoms with van der Waals surface area (Å²) < 4.78 is 9.22. The Labute approximate surface area is 219 Å². The molecule has 5 aromatic rings. The van der Waals surface area contributed by atoms with E-state index in [0.717, 1.165) is 23.5 Å². The molecule has 0 saturated heterocycles. The topological polar surface area (TPSA) is 119 Å². The first kappa shape index (κ1) is 24.9. The van der Waals surface area contributed by atoms with Gasteiger partial charge in [-0.3, -0.25) is 9.59 Å². The quantitative estimate of drug-likeness (QED) is 0.315. The van der Waals surface area contributed by atoms with Gasteiger partial charge in [0.15, 0.2) is 11.3 Å². The van der Waals surface area contributed by atoms with Gasteiger partial charge in [-0.25, -0.2) is 14.2 Å². The van der Waals surface area contributed by atoms with Crippen LogP contribution in [0.2, 0.25) is 0 Å². The van der Waals surface area contributed by atoms with E-state index in [2.05, 4.69) is 22.2 Å². The van der Waals surface area contributed by atoms with Crippen molar-refractivity contribution in [2.75, 3.05) is 11.9 Å². The van der Waals surface area contributed by atoms with Crippen LogP contribution in [0.25, 0.3) is 33.8 Å². The summed E-state index contributed by atoms with van der Waals surface area (Å²) in [6.45, 7) is 7.67. The van der Waals surface area contributed by atoms with Crippen LogP contribution in [0.15, 0.2) is 59.4 Å². The van der Waals surface area contributed by atoms with Crippen LogP contribution in [0.5, 0.6) is 5.75 Å². The minimum absolute atomic E-state index is 0.199. The zero-order valence-electron chi connectivity index (χ0n) is 21.8. The largest absolute Gasteiger partial charge is 0.493 e. The van der Waals surface area contributed by atoms with E-state index in [1.54, 1.807) is 9.20 Å². The van der Waals surface area contributed by atoms with Crippen LogP contribution in [-0.4, -0.2) is 41.9 Å². The molecular weight excluding hydrogens is 482 g/mol. The van der Waals surface area contributed by atoms with E-state index in [-0.39, 0.29) is 11.5 Å². The van der Waals surface area contributed by atoms with Crippen LogP contribution in [0.4, 0.5) is 5.82 Å². The normalized spacial score (nSPS) is 11.2. The van der Waals surface area contributed by atoms with E-state index in [0.29, 0.717) is 52.9 Å². The number of hydrogen-bond acceptors (Lipinski definition) is 6. The lowest BCUT2D eigenvalue weighted by molar-refractivity contribution is -0.114. The molecule has 0 saturated carbocycles. The second-order valence-electron chi connectivity index (χ2n) is 8.91. The first-order chi connectivity index (χ1) is 18.4. The molecule has 3 heterocycles. The van der Waals surface area contributed by atoms with Gasteiger partial charge in [-0.05, 0) is 50.6 Å². The zero-order chi connectivity index (χ0) is 26.8. The monoisotopic (exact) mass is 511 g/mol. The van der Waals surface area contributed by atoms with Gasteiger partial charge in [-0.2, -0.15) is 5.10 Å². The Bertz CT molecular complexity index is 1680. The molecule has 0 atom stereocenters. The number of carbonyl (C=O) groups excluding carboxylic acids is 1. The molecule has 194 valence electrons. The molecule has 0 aliphatic carbocycles. The summed E-state index contributed by atoms with van der Waals surface area (Å²) >= 11 is 0. The number of hydrogen-bond donors (Lipinski definition) is 2. The number of aromatic nitrogens is 6. The van der Waals surface area contributed by atoms with Gasteiger partial charge in [0.25, 0.3) is 5.56 Å². The summed E-state index contributed by atoms with van der Waals surface area (Å²) in [5.41, 5.74) is 3.64. The third-order valence-electron chi connectivity index (χ3n) is 6.06. The molecule has 0 bridgehead atoms. The number of nitrogens with zero attached hydrogens (tertiary/aromatic N) is 5. The van der Waals surface area contributed by atoms with E-state index in [4.69, 9.17) is 14.9 Å². The van der Waals surface area contributed by atoms with Crippen molar-refractivity contribution in [1.82, 2.24) is 29.4 Å². The molecule has 0 radical (unpaired) electrons. The Hall–Kier alpha value is -4.73. The number of aromatic amines is 1. The molecule has 10 nitrogen and oxygen atoms in total. The molecule has 3 aromatic heterocycles. The van der Waals surface area contributed by atoms with Crippen molar-refractivity contribution < 1.29 is 9.53 Å². The summed E-state index contributed by atoms with van der Waals surface area (Å²) in [7, 11) is 0. The fourth-order valence-electron chi connectivity index (χ4n) is 4.46. The minimum Gasteiger partial charge on any atom is -0.493 e. The maximum Gasteiger partial charge on any atom is 0.277 e. The number of anilines is 1. The molecule has 2 aromatic carbocycles. The van der Waals surface area contributed by atoms with Crippen molar-refractivity contribution in [2.24, 2.45) is 0 Å². The molecule has 0 fully saturated rings. The van der Waals surface area contributed by atoms with Crippen LogP contribution in [0.3, 0.4) is 0 Å². The lowest BCUT2D eigenvalue weighted by atomic mass is 10.1. The molecule has 0 unspecified atom stereocenters. The maximum atomic E-state index is 13.1. The Kier molecular flexibility index (Phi) is 6.78. The van der Waals surface area contributed by atoms with Crippen molar-refractivity contribution >= 4 is 17.2 Å². The minimum atomic E-state index is -0.267. The van der Waals surface area contributed by atoms with Crippen LogP contribution in [-0.2, 0) is 11.2 Å². The molecule has 10 heteroatoms. The lowest BCUT2D eigenvalue weighted by Gasteiger charge is -2.12. The number of nitrogens with one attached hydrogen (secondary N) is 2. The second-order valence-corrected chi connectivity index (χ2v) is 8.91. The second kappa shape index (κ2) is 10.3. The first-order valence-corrected chi connectivity index (χ1v) is 12.6. The third kappa shape index (κ3) is 4.68. The Morgan fingerprint density at radius 3 is 2.58 bits per heavy atom. The van der Waals surface area contributed by atoms with Crippen LogP contribution in [0, 0.1) is 6.92 Å². The zero-order valence-corrected chi connectivity index (χ0v) is 21.8. The fourth-order valence-corrected chi connectivity index (χ4v) is 4.46. The summed E-state index contributed by atoms with van der Waals surface area (Å²) in [5.74, 6) is 2.03. The van der Waals surface area contributed by atoms with Crippen LogP contribution < -0.4 is 15.6 Å². The van der Waals surface area contributed by atoms with Crippen LogP contribution in [0.1, 0.15) is 38.7 Å². The summed E-state index contributed by atoms with van der Waals surface area (Å²) in [4.78, 5) is 32.5. The van der Waals surface area contributed by atoms with Gasteiger partial charge in [0.2, 0.25) is 5.91 Å². The highest BCUT2D eigenvalue weighted by Gasteiger charge is 2.19. The predicted octanol–water partition coefficient (Wildman–Crippen LogP) is 4.56. The van der Waals surface area contributed by atoms with Gasteiger partial charge in [-0.1, -0.05) is 25.1 Å². The van der Waals surface area contributed by atoms with E-state index < -0.39 is 0 Å². The SMILES string of the molecule is CCCc1nc(C)c2c(=O)[nH]c(-c3cc(-c4cc(NC(C)=O)n(-c5ccccc5)n4)ccc3OCC)nn12. The summed E-state index contributed by atoms with van der Waals surface area (Å²) in [6.07, 6.45) is 1.58. The number of benzene rings is 2. The van der Waals surface area contributed by atoms with Gasteiger partial charge in [0.05, 0.1) is 29.2 Å². The lowest BCUT2D eigenvalue weighted by Crippen LogP contribution is -2.16. The van der Waals surface area contributed by atoms with E-state index in [9.17, 15) is 9.59 Å². The molecule has 2 N–H and O–H groups in total. The maximum absolute atomic E-state index is 13.1. The number of imidazole rings is 1. The smallest absolute Gasteiger partial charge is 0.277 e. The highest BCUT2D eigenvalue weighted by Crippen LogP contribution is 2.33. The fraction of sp³-hybridized carbons (Fsp3) is 0.250. The molecule has 38 heavy (non-hydrogen) atoms. The standard InChI is InChI=1S/C28H29N7O3/c1-5-10-24-29-17(3)26-28(37)31-27(33-35(24)26)21-15-19(13-14-23(21)38-6-2)22-16-25(30-18(4)36)34(32-22)20-11-8-7-9-12-20/h7-9,11-16H,5-6,10H2,1-4H3,(H,30,36)(H,31,33,37). The predicted molar refractivity (Wildman–Crippen MR) is 146 cm³/mol. The van der Waals surface area contributed by atoms with Crippen molar-refractivity contribution in [1.29, 1.82) is 0 Å². The van der Waals surface area contributed by atoms with Crippen molar-refractivity contribution in [3.63, 3.8) is 0 Å². The van der Waals surface area contributed by atoms with Gasteiger partial charge in [-0.15, -0.1) is 5.10 Å². The molecule has 1 amide bonds. The average molecular weight is 512 g/mol. The average Bonchev–Trinajstić information content (AvgIpc) is 3.46. The molecule has 0 aliphatic rings. The number of aryl methyl sites for hydroxylation is 2. The number of ether oxygens (including phenoxy) is 1. The molecule has 0 spiro atoms. The van der Waals surface area contributed by atoms with Gasteiger partial charge < -0.3 is 15.0 Å².